The maximum Gasteiger partial charge on any atom is 0.346 e. The fraction of sp³-hybridized carbons (Fsp3) is 0.115. The van der Waals surface area contributed by atoms with Gasteiger partial charge in [-0.3, -0.25) is 14.4 Å². The number of nitrogens with two attached hydrogens (primary N) is 1. The Bertz CT molecular complexity index is 2700. The van der Waals surface area contributed by atoms with Crippen molar-refractivity contribution in [3.8, 4) is 5.75 Å². The topological polar surface area (TPSA) is 159 Å². The fourth-order valence-electron chi connectivity index (χ4n) is 6.17. The summed E-state index contributed by atoms with van der Waals surface area (Å²) in [5, 5.41) is 25.5. The highest BCUT2D eigenvalue weighted by Crippen LogP contribution is 2.33. The molecule has 4 aromatic carbocycles. The first-order valence-corrected chi connectivity index (χ1v) is 24.5. The molecule has 4 N–H and O–H groups in total. The highest BCUT2D eigenvalue weighted by Gasteiger charge is 2.16. The largest absolute Gasteiger partial charge is 0.504 e. The summed E-state index contributed by atoms with van der Waals surface area (Å²) in [5.74, 6) is -0.908. The van der Waals surface area contributed by atoms with Gasteiger partial charge in [0.25, 0.3) is 0 Å². The first-order chi connectivity index (χ1) is 31.6. The molecular weight excluding hydrogens is 971 g/mol. The lowest BCUT2D eigenvalue weighted by Crippen LogP contribution is -2.02. The van der Waals surface area contributed by atoms with E-state index in [1.165, 1.54) is 40.9 Å². The van der Waals surface area contributed by atoms with E-state index >= 15 is 0 Å². The number of carbonyl (C=O) groups excluding carboxylic acids is 3. The molecule has 0 aliphatic heterocycles. The van der Waals surface area contributed by atoms with Crippen LogP contribution in [-0.2, 0) is 0 Å². The Kier molecular flexibility index (Phi) is 18.5. The van der Waals surface area contributed by atoms with E-state index in [-0.39, 0.29) is 28.8 Å². The number of hydrogen-bond donors (Lipinski definition) is 3. The van der Waals surface area contributed by atoms with Crippen LogP contribution < -0.4 is 5.73 Å². The number of thiophene rings is 4. The molecule has 0 aliphatic carbocycles. The van der Waals surface area contributed by atoms with E-state index in [1.807, 2.05) is 122 Å². The number of ketones is 3. The number of aromatic carboxylic acids is 1. The minimum absolute atomic E-state index is 0.0856. The normalized spacial score (nSPS) is 10.2. The Labute approximate surface area is 408 Å². The number of anilines is 1. The van der Waals surface area contributed by atoms with Crippen LogP contribution in [0.15, 0.2) is 157 Å². The molecule has 0 unspecified atom stereocenters. The second kappa shape index (κ2) is 24.2. The van der Waals surface area contributed by atoms with E-state index in [1.54, 1.807) is 31.5 Å². The number of carbonyl (C=O) groups is 4. The van der Waals surface area contributed by atoms with Gasteiger partial charge in [0.15, 0.2) is 23.1 Å². The van der Waals surface area contributed by atoms with E-state index in [4.69, 9.17) is 20.8 Å². The Morgan fingerprint density at radius 1 is 0.485 bits per heavy atom. The molecule has 0 saturated carbocycles. The Balaban J connectivity index is 0.000000177. The third-order valence-corrected chi connectivity index (χ3v) is 15.2. The van der Waals surface area contributed by atoms with Crippen molar-refractivity contribution in [2.75, 3.05) is 5.73 Å². The fourth-order valence-corrected chi connectivity index (χ4v) is 10.1. The molecule has 4 heterocycles. The number of rotatable bonds is 10. The summed E-state index contributed by atoms with van der Waals surface area (Å²) in [6.45, 7) is 10.3. The molecule has 8 aromatic rings. The summed E-state index contributed by atoms with van der Waals surface area (Å²) in [5.41, 5.74) is 15.7. The van der Waals surface area contributed by atoms with Crippen molar-refractivity contribution in [2.45, 2.75) is 41.5 Å². The maximum absolute atomic E-state index is 11.7. The lowest BCUT2D eigenvalue weighted by Gasteiger charge is -2.07. The van der Waals surface area contributed by atoms with Gasteiger partial charge in [-0.25, -0.2) is 14.8 Å². The van der Waals surface area contributed by atoms with Gasteiger partial charge < -0.3 is 15.9 Å². The van der Waals surface area contributed by atoms with Crippen molar-refractivity contribution in [1.82, 2.24) is 0 Å². The van der Waals surface area contributed by atoms with Crippen LogP contribution in [0.2, 0.25) is 0 Å². The van der Waals surface area contributed by atoms with Crippen LogP contribution in [-0.4, -0.2) is 45.0 Å². The molecule has 0 amide bonds. The third-order valence-electron chi connectivity index (χ3n) is 9.60. The van der Waals surface area contributed by atoms with Crippen LogP contribution in [0, 0.1) is 20.8 Å². The van der Waals surface area contributed by atoms with Crippen molar-refractivity contribution in [1.29, 1.82) is 0 Å². The first-order valence-electron chi connectivity index (χ1n) is 20.2. The number of aliphatic imine (C=N–C) groups is 2. The molecular formula is C52H46BrN3O6S4. The predicted octanol–water partition coefficient (Wildman–Crippen LogP) is 14.6. The number of halogens is 1. The second-order valence-corrected chi connectivity index (χ2v) is 18.8. The number of nitrogen functional groups attached to an aromatic ring is 1. The molecule has 4 aromatic heterocycles. The predicted molar refractivity (Wildman–Crippen MR) is 279 cm³/mol. The van der Waals surface area contributed by atoms with Crippen molar-refractivity contribution in [3.05, 3.63) is 206 Å². The highest BCUT2D eigenvalue weighted by atomic mass is 79.9. The molecule has 0 radical (unpaired) electrons. The zero-order valence-electron chi connectivity index (χ0n) is 36.9. The third kappa shape index (κ3) is 13.3. The van der Waals surface area contributed by atoms with Crippen LogP contribution in [0.4, 0.5) is 17.1 Å². The molecule has 0 fully saturated rings. The summed E-state index contributed by atoms with van der Waals surface area (Å²) in [6, 6.07) is 40.1. The van der Waals surface area contributed by atoms with Crippen molar-refractivity contribution < 1.29 is 29.4 Å². The van der Waals surface area contributed by atoms with Gasteiger partial charge in [-0.2, -0.15) is 0 Å². The molecule has 0 aliphatic rings. The van der Waals surface area contributed by atoms with Gasteiger partial charge in [-0.15, -0.1) is 45.3 Å². The van der Waals surface area contributed by atoms with Gasteiger partial charge in [0.1, 0.15) is 9.75 Å². The van der Waals surface area contributed by atoms with E-state index in [2.05, 4.69) is 40.2 Å². The molecule has 8 rings (SSSR count). The monoisotopic (exact) mass is 1020 g/mol. The molecule has 336 valence electrons. The van der Waals surface area contributed by atoms with Crippen LogP contribution in [0.5, 0.6) is 5.75 Å². The average Bonchev–Trinajstić information content (AvgIpc) is 4.08. The summed E-state index contributed by atoms with van der Waals surface area (Å²) in [7, 11) is 0. The minimum Gasteiger partial charge on any atom is -0.504 e. The van der Waals surface area contributed by atoms with Crippen molar-refractivity contribution in [3.63, 3.8) is 0 Å². The van der Waals surface area contributed by atoms with E-state index in [9.17, 15) is 24.3 Å². The maximum atomic E-state index is 11.7. The standard InChI is InChI=1S/C20H17NOS.C19H15NO2S.C7H7BrOS.C6H7NO2S/c1-14-18(13-23-20(14)15(2)22)21-19(16-9-5-3-6-10-16)17-11-7-4-8-12-17;1-13-16(12-23-18(13)19(21)22)20-17(14-8-4-2-5-9-14)15-10-6-3-7-11-15;1-4-6(8)3-10-7(4)5(2)9;1-3(8)6-5(9)4(7)2-10-6/h3-13H,1-2H3;2-12H,1H3,(H,21,22);3H,1-2H3;2,9H,7H2,1H3. The van der Waals surface area contributed by atoms with E-state index in [0.717, 1.165) is 76.1 Å². The molecule has 0 spiro atoms. The van der Waals surface area contributed by atoms with Gasteiger partial charge in [0.05, 0.1) is 38.2 Å². The van der Waals surface area contributed by atoms with Gasteiger partial charge >= 0.3 is 5.97 Å². The molecule has 66 heavy (non-hydrogen) atoms. The van der Waals surface area contributed by atoms with Gasteiger partial charge in [-0.1, -0.05) is 121 Å². The summed E-state index contributed by atoms with van der Waals surface area (Å²) in [4.78, 5) is 56.4. The summed E-state index contributed by atoms with van der Waals surface area (Å²) in [6.07, 6.45) is 0. The van der Waals surface area contributed by atoms with Crippen LogP contribution >= 0.6 is 61.3 Å². The minimum atomic E-state index is -0.907. The number of carboxylic acids is 1. The number of hydrogen-bond acceptors (Lipinski definition) is 12. The van der Waals surface area contributed by atoms with Crippen LogP contribution in [0.3, 0.4) is 0 Å². The Morgan fingerprint density at radius 3 is 1.05 bits per heavy atom. The summed E-state index contributed by atoms with van der Waals surface area (Å²) >= 11 is 8.66. The van der Waals surface area contributed by atoms with Gasteiger partial charge in [-0.05, 0) is 61.7 Å². The quantitative estimate of drug-likeness (QED) is 0.0908. The van der Waals surface area contributed by atoms with Gasteiger partial charge in [0.2, 0.25) is 0 Å². The van der Waals surface area contributed by atoms with Crippen molar-refractivity contribution >= 4 is 113 Å². The SMILES string of the molecule is CC(=O)c1scc(Br)c1C.CC(=O)c1scc(N)c1O.CC(=O)c1scc(N=C(c2ccccc2)c2ccccc2)c1C.Cc1c(N=C(c2ccccc2)c2ccccc2)csc1C(=O)O. The number of nitrogens with zero attached hydrogens (tertiary/aromatic N) is 2. The lowest BCUT2D eigenvalue weighted by molar-refractivity contribution is 0.0700. The number of Topliss-reactive ketones (excluding diaryl/α,β-unsaturated/α-hetero) is 3. The molecule has 0 saturated heterocycles. The molecule has 9 nitrogen and oxygen atoms in total. The number of benzene rings is 4. The average molecular weight is 1020 g/mol. The van der Waals surface area contributed by atoms with Gasteiger partial charge in [0, 0.05) is 60.7 Å². The van der Waals surface area contributed by atoms with Crippen molar-refractivity contribution in [2.24, 2.45) is 9.98 Å². The summed E-state index contributed by atoms with van der Waals surface area (Å²) < 4.78 is 1.03. The number of aromatic hydroxyl groups is 1. The zero-order valence-corrected chi connectivity index (χ0v) is 41.7. The van der Waals surface area contributed by atoms with Crippen LogP contribution in [0.25, 0.3) is 0 Å². The van der Waals surface area contributed by atoms with E-state index < -0.39 is 5.97 Å². The molecule has 0 atom stereocenters. The molecule has 14 heteroatoms. The van der Waals surface area contributed by atoms with Crippen LogP contribution in [0.1, 0.15) is 98.4 Å². The zero-order chi connectivity index (χ0) is 47.9. The second-order valence-electron chi connectivity index (χ2n) is 14.4. The smallest absolute Gasteiger partial charge is 0.346 e. The Morgan fingerprint density at radius 2 is 0.803 bits per heavy atom. The Hall–Kier alpha value is -6.42. The van der Waals surface area contributed by atoms with E-state index in [0.29, 0.717) is 21.0 Å². The lowest BCUT2D eigenvalue weighted by atomic mass is 10.0. The first kappa shape index (κ1) is 50.6. The molecule has 0 bridgehead atoms. The number of carboxylic acid groups (broad SMARTS) is 1. The highest BCUT2D eigenvalue weighted by molar-refractivity contribution is 9.10.